The summed E-state index contributed by atoms with van der Waals surface area (Å²) >= 11 is 11.9. The van der Waals surface area contributed by atoms with Gasteiger partial charge in [0, 0.05) is 31.0 Å². The van der Waals surface area contributed by atoms with Crippen molar-refractivity contribution >= 4 is 45.8 Å². The van der Waals surface area contributed by atoms with E-state index in [1.807, 2.05) is 6.07 Å². The number of carbonyl (C=O) groups excluding carboxylic acids is 1. The summed E-state index contributed by atoms with van der Waals surface area (Å²) in [6.07, 6.45) is 2.98. The fourth-order valence-electron chi connectivity index (χ4n) is 2.32. The largest absolute Gasteiger partial charge is 0.495 e. The number of nitrogens with one attached hydrogen (secondary N) is 2. The quantitative estimate of drug-likeness (QED) is 0.471. The van der Waals surface area contributed by atoms with Crippen molar-refractivity contribution in [1.29, 1.82) is 0 Å². The highest BCUT2D eigenvalue weighted by Gasteiger charge is 2.09. The number of amides is 1. The fourth-order valence-corrected chi connectivity index (χ4v) is 2.69. The van der Waals surface area contributed by atoms with E-state index in [2.05, 4.69) is 25.7 Å². The van der Waals surface area contributed by atoms with Gasteiger partial charge in [-0.05, 0) is 12.1 Å². The Morgan fingerprint density at radius 2 is 2.12 bits per heavy atom. The lowest BCUT2D eigenvalue weighted by Crippen LogP contribution is -2.31. The van der Waals surface area contributed by atoms with Crippen LogP contribution in [0.1, 0.15) is 0 Å². The molecule has 2 heterocycles. The molecule has 0 saturated carbocycles. The number of rotatable bonds is 7. The van der Waals surface area contributed by atoms with Crippen LogP contribution < -0.4 is 15.4 Å². The Morgan fingerprint density at radius 3 is 2.88 bits per heavy atom. The van der Waals surface area contributed by atoms with Gasteiger partial charge in [0.05, 0.1) is 17.5 Å². The summed E-state index contributed by atoms with van der Waals surface area (Å²) in [4.78, 5) is 19.9. The molecule has 1 aromatic carbocycles. The fraction of sp³-hybridized carbons (Fsp3) is 0.250. The van der Waals surface area contributed by atoms with Crippen LogP contribution in [0.5, 0.6) is 5.75 Å². The molecule has 10 heteroatoms. The van der Waals surface area contributed by atoms with Crippen molar-refractivity contribution in [3.8, 4) is 5.75 Å². The number of carbonyl (C=O) groups is 1. The molecule has 0 unspecified atom stereocenters. The molecule has 1 amide bonds. The number of hydrogen-bond donors (Lipinski definition) is 2. The van der Waals surface area contributed by atoms with Crippen molar-refractivity contribution in [2.75, 3.05) is 25.5 Å². The smallest absolute Gasteiger partial charge is 0.241 e. The average Bonchev–Trinajstić information content (AvgIpc) is 3.04. The standard InChI is InChI=1S/C16H16Cl2N6O2/c1-26-13-6-10(2-3-12(13)17)19-4-5-20-14(25)8-24-7-11-15(18)21-9-22-16(11)23-24/h2-3,6-7,9,19H,4-5,8H2,1H3,(H,20,25). The van der Waals surface area contributed by atoms with E-state index in [1.54, 1.807) is 25.4 Å². The van der Waals surface area contributed by atoms with Gasteiger partial charge in [0.25, 0.3) is 0 Å². The van der Waals surface area contributed by atoms with Crippen molar-refractivity contribution in [2.24, 2.45) is 0 Å². The Kier molecular flexibility index (Phi) is 5.75. The highest BCUT2D eigenvalue weighted by Crippen LogP contribution is 2.27. The molecule has 0 spiro atoms. The third kappa shape index (κ3) is 4.33. The first kappa shape index (κ1) is 18.2. The van der Waals surface area contributed by atoms with Crippen LogP contribution in [0.15, 0.2) is 30.7 Å². The maximum absolute atomic E-state index is 12.0. The Hall–Kier alpha value is -2.58. The number of fused-ring (bicyclic) bond motifs is 1. The van der Waals surface area contributed by atoms with Crippen molar-refractivity contribution in [2.45, 2.75) is 6.54 Å². The van der Waals surface area contributed by atoms with Gasteiger partial charge < -0.3 is 15.4 Å². The van der Waals surface area contributed by atoms with Crippen molar-refractivity contribution in [3.63, 3.8) is 0 Å². The van der Waals surface area contributed by atoms with E-state index < -0.39 is 0 Å². The van der Waals surface area contributed by atoms with Crippen LogP contribution in [0.3, 0.4) is 0 Å². The lowest BCUT2D eigenvalue weighted by Gasteiger charge is -2.10. The molecule has 0 atom stereocenters. The molecule has 0 aliphatic carbocycles. The minimum atomic E-state index is -0.169. The van der Waals surface area contributed by atoms with Gasteiger partial charge in [0.15, 0.2) is 5.65 Å². The van der Waals surface area contributed by atoms with E-state index in [1.165, 1.54) is 11.0 Å². The molecule has 2 N–H and O–H groups in total. The van der Waals surface area contributed by atoms with Crippen molar-refractivity contribution in [3.05, 3.63) is 40.9 Å². The number of ether oxygens (including phenoxy) is 1. The van der Waals surface area contributed by atoms with E-state index in [0.29, 0.717) is 40.0 Å². The third-order valence-corrected chi connectivity index (χ3v) is 4.16. The van der Waals surface area contributed by atoms with Gasteiger partial charge in [0.1, 0.15) is 23.8 Å². The number of aromatic nitrogens is 4. The summed E-state index contributed by atoms with van der Waals surface area (Å²) in [5, 5.41) is 11.7. The van der Waals surface area contributed by atoms with Crippen molar-refractivity contribution in [1.82, 2.24) is 25.1 Å². The van der Waals surface area contributed by atoms with Crippen LogP contribution in [0.25, 0.3) is 11.0 Å². The van der Waals surface area contributed by atoms with E-state index in [4.69, 9.17) is 27.9 Å². The van der Waals surface area contributed by atoms with Crippen LogP contribution in [0.4, 0.5) is 5.69 Å². The maximum atomic E-state index is 12.0. The van der Waals surface area contributed by atoms with Crippen LogP contribution in [-0.4, -0.2) is 45.9 Å². The Labute approximate surface area is 159 Å². The lowest BCUT2D eigenvalue weighted by atomic mass is 10.3. The molecule has 2 aromatic heterocycles. The molecular weight excluding hydrogens is 379 g/mol. The number of anilines is 1. The van der Waals surface area contributed by atoms with Gasteiger partial charge in [-0.2, -0.15) is 5.10 Å². The second kappa shape index (κ2) is 8.20. The second-order valence-electron chi connectivity index (χ2n) is 5.35. The number of nitrogens with zero attached hydrogens (tertiary/aromatic N) is 4. The molecule has 136 valence electrons. The monoisotopic (exact) mass is 394 g/mol. The number of benzene rings is 1. The molecule has 0 radical (unpaired) electrons. The zero-order valence-electron chi connectivity index (χ0n) is 13.9. The molecule has 3 rings (SSSR count). The summed E-state index contributed by atoms with van der Waals surface area (Å²) < 4.78 is 6.64. The summed E-state index contributed by atoms with van der Waals surface area (Å²) in [5.74, 6) is 0.422. The Morgan fingerprint density at radius 1 is 1.27 bits per heavy atom. The molecular formula is C16H16Cl2N6O2. The van der Waals surface area contributed by atoms with Gasteiger partial charge >= 0.3 is 0 Å². The minimum absolute atomic E-state index is 0.0709. The Bertz CT molecular complexity index is 930. The highest BCUT2D eigenvalue weighted by atomic mass is 35.5. The summed E-state index contributed by atoms with van der Waals surface area (Å²) in [7, 11) is 1.56. The zero-order chi connectivity index (χ0) is 18.5. The summed E-state index contributed by atoms with van der Waals surface area (Å²) in [5.41, 5.74) is 1.31. The van der Waals surface area contributed by atoms with Crippen LogP contribution in [-0.2, 0) is 11.3 Å². The number of hydrogen-bond acceptors (Lipinski definition) is 6. The molecule has 0 saturated heterocycles. The van der Waals surface area contributed by atoms with Gasteiger partial charge in [0.2, 0.25) is 5.91 Å². The number of halogens is 2. The SMILES string of the molecule is COc1cc(NCCNC(=O)Cn2cc3c(Cl)ncnc3n2)ccc1Cl. The van der Waals surface area contributed by atoms with E-state index in [0.717, 1.165) is 5.69 Å². The summed E-state index contributed by atoms with van der Waals surface area (Å²) in [6.45, 7) is 1.07. The second-order valence-corrected chi connectivity index (χ2v) is 6.12. The molecule has 0 bridgehead atoms. The van der Waals surface area contributed by atoms with Gasteiger partial charge in [-0.25, -0.2) is 9.97 Å². The minimum Gasteiger partial charge on any atom is -0.495 e. The molecule has 0 aliphatic heterocycles. The lowest BCUT2D eigenvalue weighted by molar-refractivity contribution is -0.121. The highest BCUT2D eigenvalue weighted by molar-refractivity contribution is 6.33. The van der Waals surface area contributed by atoms with Gasteiger partial charge in [-0.1, -0.05) is 23.2 Å². The molecule has 0 fully saturated rings. The van der Waals surface area contributed by atoms with Crippen molar-refractivity contribution < 1.29 is 9.53 Å². The Balaban J connectivity index is 1.47. The molecule has 0 aliphatic rings. The van der Waals surface area contributed by atoms with Crippen LogP contribution in [0, 0.1) is 0 Å². The van der Waals surface area contributed by atoms with E-state index >= 15 is 0 Å². The van der Waals surface area contributed by atoms with E-state index in [-0.39, 0.29) is 12.5 Å². The molecule has 26 heavy (non-hydrogen) atoms. The normalized spacial score (nSPS) is 10.7. The summed E-state index contributed by atoms with van der Waals surface area (Å²) in [6, 6.07) is 5.38. The predicted octanol–water partition coefficient (Wildman–Crippen LogP) is 2.37. The molecule has 3 aromatic rings. The van der Waals surface area contributed by atoms with Gasteiger partial charge in [-0.15, -0.1) is 0 Å². The number of methoxy groups -OCH3 is 1. The first-order valence-corrected chi connectivity index (χ1v) is 8.50. The topological polar surface area (TPSA) is 94.0 Å². The zero-order valence-corrected chi connectivity index (χ0v) is 15.4. The van der Waals surface area contributed by atoms with Crippen LogP contribution >= 0.6 is 23.2 Å². The predicted molar refractivity (Wildman–Crippen MR) is 99.8 cm³/mol. The van der Waals surface area contributed by atoms with E-state index in [9.17, 15) is 4.79 Å². The third-order valence-electron chi connectivity index (χ3n) is 3.55. The first-order valence-electron chi connectivity index (χ1n) is 7.74. The average molecular weight is 395 g/mol. The maximum Gasteiger partial charge on any atom is 0.241 e. The van der Waals surface area contributed by atoms with Crippen LogP contribution in [0.2, 0.25) is 10.2 Å². The first-order chi connectivity index (χ1) is 12.6. The van der Waals surface area contributed by atoms with Gasteiger partial charge in [-0.3, -0.25) is 9.48 Å². The molecule has 8 nitrogen and oxygen atoms in total.